The summed E-state index contributed by atoms with van der Waals surface area (Å²) in [5.41, 5.74) is 1.66. The van der Waals surface area contributed by atoms with Gasteiger partial charge in [0.05, 0.1) is 18.3 Å². The summed E-state index contributed by atoms with van der Waals surface area (Å²) in [7, 11) is 0. The Kier molecular flexibility index (Phi) is 5.27. The molecule has 2 heterocycles. The molecule has 0 unspecified atom stereocenters. The number of aromatic nitrogens is 2. The predicted molar refractivity (Wildman–Crippen MR) is 103 cm³/mol. The average molecular weight is 373 g/mol. The molecular weight excluding hydrogens is 348 g/mol. The third kappa shape index (κ3) is 3.79. The summed E-state index contributed by atoms with van der Waals surface area (Å²) in [6.07, 6.45) is 8.85. The normalized spacial score (nSPS) is 19.2. The zero-order valence-electron chi connectivity index (χ0n) is 15.0. The second-order valence-corrected chi connectivity index (χ2v) is 7.69. The lowest BCUT2D eigenvalue weighted by molar-refractivity contribution is 0.0573. The van der Waals surface area contributed by atoms with Crippen LogP contribution < -0.4 is 0 Å². The van der Waals surface area contributed by atoms with Crippen LogP contribution in [0.4, 0.5) is 0 Å². The number of benzene rings is 1. The van der Waals surface area contributed by atoms with Crippen LogP contribution in [0, 0.1) is 0 Å². The Labute approximate surface area is 159 Å². The first kappa shape index (κ1) is 17.6. The lowest BCUT2D eigenvalue weighted by Gasteiger charge is -2.37. The van der Waals surface area contributed by atoms with E-state index in [1.165, 1.54) is 25.7 Å². The summed E-state index contributed by atoms with van der Waals surface area (Å²) in [5, 5.41) is 5.07. The minimum atomic E-state index is 0.0847. The molecule has 26 heavy (non-hydrogen) atoms. The van der Waals surface area contributed by atoms with Gasteiger partial charge in [0.1, 0.15) is 0 Å². The fourth-order valence-corrected chi connectivity index (χ4v) is 4.30. The van der Waals surface area contributed by atoms with Crippen LogP contribution in [0.3, 0.4) is 0 Å². The first-order valence-electron chi connectivity index (χ1n) is 9.50. The molecule has 1 aliphatic heterocycles. The van der Waals surface area contributed by atoms with E-state index < -0.39 is 0 Å². The Hall–Kier alpha value is -1.85. The predicted octanol–water partition coefficient (Wildman–Crippen LogP) is 3.29. The first-order valence-corrected chi connectivity index (χ1v) is 9.88. The van der Waals surface area contributed by atoms with Crippen LogP contribution in [0.15, 0.2) is 36.7 Å². The number of halogens is 1. The van der Waals surface area contributed by atoms with Crippen molar-refractivity contribution in [3.8, 4) is 0 Å². The van der Waals surface area contributed by atoms with E-state index in [0.29, 0.717) is 12.1 Å². The Morgan fingerprint density at radius 1 is 1.12 bits per heavy atom. The summed E-state index contributed by atoms with van der Waals surface area (Å²) in [5.74, 6) is 0.0847. The van der Waals surface area contributed by atoms with E-state index in [9.17, 15) is 4.79 Å². The monoisotopic (exact) mass is 372 g/mol. The van der Waals surface area contributed by atoms with Gasteiger partial charge in [-0.3, -0.25) is 14.4 Å². The topological polar surface area (TPSA) is 41.4 Å². The number of piperazine rings is 1. The van der Waals surface area contributed by atoms with Crippen molar-refractivity contribution in [2.75, 3.05) is 26.2 Å². The highest BCUT2D eigenvalue weighted by Crippen LogP contribution is 2.24. The maximum Gasteiger partial charge on any atom is 0.257 e. The van der Waals surface area contributed by atoms with Gasteiger partial charge in [-0.15, -0.1) is 0 Å². The van der Waals surface area contributed by atoms with Crippen molar-refractivity contribution >= 4 is 17.5 Å². The molecule has 0 bridgehead atoms. The van der Waals surface area contributed by atoms with Crippen molar-refractivity contribution in [2.45, 2.75) is 38.3 Å². The summed E-state index contributed by atoms with van der Waals surface area (Å²) in [6, 6.07) is 8.46. The molecule has 0 atom stereocenters. The van der Waals surface area contributed by atoms with Crippen LogP contribution >= 0.6 is 11.6 Å². The van der Waals surface area contributed by atoms with Crippen molar-refractivity contribution in [2.24, 2.45) is 0 Å². The smallest absolute Gasteiger partial charge is 0.257 e. The number of nitrogens with zero attached hydrogens (tertiary/aromatic N) is 4. The van der Waals surface area contributed by atoms with E-state index >= 15 is 0 Å². The molecule has 1 aliphatic carbocycles. The van der Waals surface area contributed by atoms with Crippen molar-refractivity contribution in [1.29, 1.82) is 0 Å². The Morgan fingerprint density at radius 2 is 1.85 bits per heavy atom. The molecule has 4 rings (SSSR count). The molecule has 0 N–H and O–H groups in total. The van der Waals surface area contributed by atoms with E-state index in [0.717, 1.165) is 42.8 Å². The summed E-state index contributed by atoms with van der Waals surface area (Å²) < 4.78 is 1.78. The molecule has 2 aliphatic rings. The molecule has 0 spiro atoms. The Morgan fingerprint density at radius 3 is 2.58 bits per heavy atom. The third-order valence-electron chi connectivity index (χ3n) is 5.61. The minimum Gasteiger partial charge on any atom is -0.336 e. The summed E-state index contributed by atoms with van der Waals surface area (Å²) in [4.78, 5) is 17.3. The number of hydrogen-bond acceptors (Lipinski definition) is 3. The molecular formula is C20H25ClN4O. The second kappa shape index (κ2) is 7.80. The highest BCUT2D eigenvalue weighted by molar-refractivity contribution is 6.31. The average Bonchev–Trinajstić information content (AvgIpc) is 3.35. The molecule has 6 heteroatoms. The maximum absolute atomic E-state index is 12.8. The van der Waals surface area contributed by atoms with Crippen molar-refractivity contribution in [1.82, 2.24) is 19.6 Å². The van der Waals surface area contributed by atoms with E-state index in [1.807, 2.05) is 35.4 Å². The zero-order chi connectivity index (χ0) is 17.9. The molecule has 1 saturated carbocycles. The molecule has 1 amide bonds. The molecule has 2 fully saturated rings. The molecule has 5 nitrogen and oxygen atoms in total. The number of hydrogen-bond donors (Lipinski definition) is 0. The maximum atomic E-state index is 12.8. The number of amides is 1. The molecule has 1 aromatic heterocycles. The quantitative estimate of drug-likeness (QED) is 0.827. The SMILES string of the molecule is O=C(c1cnn(Cc2ccccc2Cl)c1)N1CCN(C2CCCC2)CC1. The fourth-order valence-electron chi connectivity index (χ4n) is 4.10. The highest BCUT2D eigenvalue weighted by Gasteiger charge is 2.28. The fraction of sp³-hybridized carbons (Fsp3) is 0.500. The van der Waals surface area contributed by atoms with Gasteiger partial charge in [-0.2, -0.15) is 5.10 Å². The van der Waals surface area contributed by atoms with Gasteiger partial charge in [0.25, 0.3) is 5.91 Å². The van der Waals surface area contributed by atoms with Crippen LogP contribution in [-0.2, 0) is 6.54 Å². The summed E-state index contributed by atoms with van der Waals surface area (Å²) in [6.45, 7) is 4.17. The first-order chi connectivity index (χ1) is 12.7. The lowest BCUT2D eigenvalue weighted by atomic mass is 10.1. The van der Waals surface area contributed by atoms with E-state index in [1.54, 1.807) is 10.9 Å². The molecule has 138 valence electrons. The molecule has 2 aromatic rings. The van der Waals surface area contributed by atoms with Gasteiger partial charge in [0, 0.05) is 43.4 Å². The van der Waals surface area contributed by atoms with Crippen molar-refractivity contribution in [3.63, 3.8) is 0 Å². The van der Waals surface area contributed by atoms with Crippen LogP contribution in [0.25, 0.3) is 0 Å². The van der Waals surface area contributed by atoms with E-state index in [-0.39, 0.29) is 5.91 Å². The highest BCUT2D eigenvalue weighted by atomic mass is 35.5. The molecule has 0 radical (unpaired) electrons. The zero-order valence-corrected chi connectivity index (χ0v) is 15.7. The lowest BCUT2D eigenvalue weighted by Crippen LogP contribution is -2.51. The van der Waals surface area contributed by atoms with Gasteiger partial charge >= 0.3 is 0 Å². The standard InChI is InChI=1S/C20H25ClN4O/c21-19-8-4-1-5-16(19)14-25-15-17(13-22-25)20(26)24-11-9-23(10-12-24)18-6-2-3-7-18/h1,4-5,8,13,15,18H,2-3,6-7,9-12,14H2. The van der Waals surface area contributed by atoms with Crippen LogP contribution in [-0.4, -0.2) is 57.7 Å². The summed E-state index contributed by atoms with van der Waals surface area (Å²) >= 11 is 6.21. The third-order valence-corrected chi connectivity index (χ3v) is 5.98. The van der Waals surface area contributed by atoms with Gasteiger partial charge in [0.2, 0.25) is 0 Å². The van der Waals surface area contributed by atoms with E-state index in [2.05, 4.69) is 10.00 Å². The van der Waals surface area contributed by atoms with Gasteiger partial charge in [-0.1, -0.05) is 42.6 Å². The number of carbonyl (C=O) groups excluding carboxylic acids is 1. The molecule has 1 aromatic carbocycles. The van der Waals surface area contributed by atoms with E-state index in [4.69, 9.17) is 11.6 Å². The van der Waals surface area contributed by atoms with Gasteiger partial charge in [0.15, 0.2) is 0 Å². The van der Waals surface area contributed by atoms with Gasteiger partial charge in [-0.25, -0.2) is 0 Å². The Balaban J connectivity index is 1.35. The van der Waals surface area contributed by atoms with Crippen LogP contribution in [0.5, 0.6) is 0 Å². The number of carbonyl (C=O) groups is 1. The molecule has 1 saturated heterocycles. The number of rotatable bonds is 4. The van der Waals surface area contributed by atoms with Crippen molar-refractivity contribution < 1.29 is 4.79 Å². The van der Waals surface area contributed by atoms with Gasteiger partial charge < -0.3 is 4.90 Å². The largest absolute Gasteiger partial charge is 0.336 e. The van der Waals surface area contributed by atoms with Crippen LogP contribution in [0.1, 0.15) is 41.6 Å². The second-order valence-electron chi connectivity index (χ2n) is 7.28. The Bertz CT molecular complexity index is 761. The van der Waals surface area contributed by atoms with Crippen LogP contribution in [0.2, 0.25) is 5.02 Å². The van der Waals surface area contributed by atoms with Gasteiger partial charge in [-0.05, 0) is 24.5 Å². The van der Waals surface area contributed by atoms with Crippen molar-refractivity contribution in [3.05, 3.63) is 52.8 Å². The minimum absolute atomic E-state index is 0.0847.